The van der Waals surface area contributed by atoms with Gasteiger partial charge in [0.05, 0.1) is 10.9 Å². The Bertz CT molecular complexity index is 2470. The highest BCUT2D eigenvalue weighted by Crippen LogP contribution is 2.42. The number of likely N-dealkylation sites (tertiary alicyclic amines) is 4. The smallest absolute Gasteiger partial charge is 0.233 e. The number of rotatable bonds is 8. The molecule has 1 aromatic carbocycles. The van der Waals surface area contributed by atoms with Crippen LogP contribution in [0.4, 0.5) is 0 Å². The molecule has 15 heteroatoms. The number of benzene rings is 1. The first-order chi connectivity index (χ1) is 38.7. The largest absolute Gasteiger partial charge is 0.473 e. The summed E-state index contributed by atoms with van der Waals surface area (Å²) in [6.45, 7) is 58.9. The lowest BCUT2D eigenvalue weighted by Crippen LogP contribution is -2.49. The van der Waals surface area contributed by atoms with Gasteiger partial charge in [0.1, 0.15) is 37.1 Å². The van der Waals surface area contributed by atoms with Crippen molar-refractivity contribution in [3.05, 3.63) is 91.9 Å². The van der Waals surface area contributed by atoms with Crippen molar-refractivity contribution in [2.45, 2.75) is 263 Å². The van der Waals surface area contributed by atoms with Crippen LogP contribution in [0.15, 0.2) is 91.9 Å². The molecular weight excluding hydrogens is 1050 g/mol. The van der Waals surface area contributed by atoms with Crippen molar-refractivity contribution < 1.29 is 18.9 Å². The topological polar surface area (TPSA) is 140 Å². The average molecular weight is 1160 g/mol. The van der Waals surface area contributed by atoms with Crippen LogP contribution >= 0.6 is 0 Å². The van der Waals surface area contributed by atoms with Crippen LogP contribution in [0.5, 0.6) is 23.5 Å². The Labute approximate surface area is 508 Å². The van der Waals surface area contributed by atoms with E-state index in [1.54, 1.807) is 24.9 Å². The lowest BCUT2D eigenvalue weighted by molar-refractivity contribution is 0.0557. The first-order valence-electron chi connectivity index (χ1n) is 31.1. The van der Waals surface area contributed by atoms with E-state index in [2.05, 4.69) is 221 Å². The minimum atomic E-state index is 0.129. The SMILES string of the molecule is CC(C)(C)C1CC(Oc2ccccn2)CN1C(C)(C)C.CC(C)(C)C1CC(Oc2cccnn2)CN1C(C)(C)C.CC(C)(C)C1CC(Oc2ccncn2)CN1C(C)(C)C.CC(C)(C)C1CC(Oc2ncnc3ccccc23)CN1C(C)(C)C. The molecule has 4 fully saturated rings. The first kappa shape index (κ1) is 68.0. The molecule has 15 nitrogen and oxygen atoms in total. The zero-order valence-corrected chi connectivity index (χ0v) is 56.5. The zero-order valence-electron chi connectivity index (χ0n) is 56.5. The summed E-state index contributed by atoms with van der Waals surface area (Å²) >= 11 is 0. The molecule has 8 heterocycles. The molecule has 5 aromatic rings. The molecule has 466 valence electrons. The van der Waals surface area contributed by atoms with E-state index < -0.39 is 0 Å². The van der Waals surface area contributed by atoms with E-state index in [4.69, 9.17) is 18.9 Å². The highest BCUT2D eigenvalue weighted by Gasteiger charge is 2.48. The number of ether oxygens (including phenoxy) is 4. The monoisotopic (exact) mass is 1160 g/mol. The van der Waals surface area contributed by atoms with Crippen molar-refractivity contribution in [3.8, 4) is 23.5 Å². The molecule has 84 heavy (non-hydrogen) atoms. The molecule has 4 saturated heterocycles. The van der Waals surface area contributed by atoms with E-state index in [-0.39, 0.29) is 68.2 Å². The summed E-state index contributed by atoms with van der Waals surface area (Å²) in [4.78, 5) is 31.4. The Morgan fingerprint density at radius 1 is 0.357 bits per heavy atom. The van der Waals surface area contributed by atoms with Crippen LogP contribution in [-0.4, -0.2) is 152 Å². The van der Waals surface area contributed by atoms with Gasteiger partial charge in [-0.2, -0.15) is 5.10 Å². The van der Waals surface area contributed by atoms with Crippen molar-refractivity contribution in [3.63, 3.8) is 0 Å². The average Bonchev–Trinajstić information content (AvgIpc) is 3.60. The summed E-state index contributed by atoms with van der Waals surface area (Å²) in [5, 5.41) is 8.89. The van der Waals surface area contributed by atoms with Crippen LogP contribution in [-0.2, 0) is 0 Å². The van der Waals surface area contributed by atoms with Gasteiger partial charge in [-0.25, -0.2) is 24.9 Å². The van der Waals surface area contributed by atoms with Crippen LogP contribution in [0.1, 0.15) is 192 Å². The number of nitrogens with zero attached hydrogens (tertiary/aromatic N) is 11. The van der Waals surface area contributed by atoms with Gasteiger partial charge >= 0.3 is 0 Å². The minimum Gasteiger partial charge on any atom is -0.473 e. The van der Waals surface area contributed by atoms with Gasteiger partial charge in [0.2, 0.25) is 23.5 Å². The quantitative estimate of drug-likeness (QED) is 0.145. The second kappa shape index (κ2) is 26.9. The normalized spacial score (nSPS) is 24.3. The summed E-state index contributed by atoms with van der Waals surface area (Å²) in [6.07, 6.45) is 13.3. The van der Waals surface area contributed by atoms with Gasteiger partial charge in [-0.3, -0.25) is 19.6 Å². The Hall–Kier alpha value is -5.09. The van der Waals surface area contributed by atoms with Crippen molar-refractivity contribution >= 4 is 10.9 Å². The second-order valence-electron chi connectivity index (χ2n) is 32.2. The molecule has 0 bridgehead atoms. The zero-order chi connectivity index (χ0) is 62.4. The number of pyridine rings is 1. The van der Waals surface area contributed by atoms with E-state index in [1.165, 1.54) is 6.33 Å². The molecule has 8 atom stereocenters. The number of hydrogen-bond acceptors (Lipinski definition) is 15. The minimum absolute atomic E-state index is 0.129. The van der Waals surface area contributed by atoms with Gasteiger partial charge in [-0.05, 0) is 129 Å². The lowest BCUT2D eigenvalue weighted by atomic mass is 9.83. The van der Waals surface area contributed by atoms with E-state index in [0.717, 1.165) is 68.6 Å². The predicted molar refractivity (Wildman–Crippen MR) is 343 cm³/mol. The maximum Gasteiger partial charge on any atom is 0.233 e. The molecule has 8 unspecified atom stereocenters. The Morgan fingerprint density at radius 2 is 0.750 bits per heavy atom. The first-order valence-corrected chi connectivity index (χ1v) is 31.1. The van der Waals surface area contributed by atoms with Crippen molar-refractivity contribution in [2.75, 3.05) is 26.2 Å². The fourth-order valence-corrected chi connectivity index (χ4v) is 12.6. The van der Waals surface area contributed by atoms with E-state index in [9.17, 15) is 0 Å². The van der Waals surface area contributed by atoms with Gasteiger partial charge < -0.3 is 18.9 Å². The molecule has 0 spiro atoms. The van der Waals surface area contributed by atoms with Crippen LogP contribution in [0.2, 0.25) is 0 Å². The number of hydrogen-bond donors (Lipinski definition) is 0. The fourth-order valence-electron chi connectivity index (χ4n) is 12.6. The molecule has 0 aliphatic carbocycles. The third kappa shape index (κ3) is 19.2. The maximum absolute atomic E-state index is 6.35. The number of fused-ring (bicyclic) bond motifs is 1. The van der Waals surface area contributed by atoms with Crippen LogP contribution in [0.25, 0.3) is 10.9 Å². The van der Waals surface area contributed by atoms with Gasteiger partial charge in [-0.1, -0.05) is 101 Å². The number of para-hydroxylation sites is 1. The summed E-state index contributed by atoms with van der Waals surface area (Å²) < 4.78 is 24.5. The third-order valence-electron chi connectivity index (χ3n) is 16.9. The van der Waals surface area contributed by atoms with Gasteiger partial charge in [0, 0.05) is 135 Å². The molecule has 4 aliphatic heterocycles. The van der Waals surface area contributed by atoms with Crippen LogP contribution in [0.3, 0.4) is 0 Å². The van der Waals surface area contributed by atoms with E-state index in [0.29, 0.717) is 41.8 Å². The molecule has 0 amide bonds. The summed E-state index contributed by atoms with van der Waals surface area (Å²) in [5.74, 6) is 2.74. The predicted octanol–water partition coefficient (Wildman–Crippen LogP) is 14.3. The Morgan fingerprint density at radius 3 is 1.11 bits per heavy atom. The molecule has 4 aromatic heterocycles. The lowest BCUT2D eigenvalue weighted by Gasteiger charge is -2.42. The second-order valence-corrected chi connectivity index (χ2v) is 32.2. The van der Waals surface area contributed by atoms with Crippen LogP contribution in [0, 0.1) is 21.7 Å². The Kier molecular flexibility index (Phi) is 21.8. The molecule has 0 radical (unpaired) electrons. The highest BCUT2D eigenvalue weighted by molar-refractivity contribution is 5.82. The summed E-state index contributed by atoms with van der Waals surface area (Å²) in [5.41, 5.74) is 2.50. The standard InChI is InChI=1S/C20H29N3O.C17H28N2O.2C16H27N3O/c1-19(2,3)17-11-14(12-23(17)20(4,5)6)24-18-15-9-7-8-10-16(15)21-13-22-18;1-16(2,3)14-11-13(12-19(14)17(4,5)6)20-15-9-7-8-10-18-15;1-15(2,3)13-9-12(10-19(13)16(4,5)6)20-14-7-8-17-11-18-14;1-15(2,3)13-10-12(11-19(13)16(4,5)6)20-14-8-7-9-17-18-14/h7-10,13-14,17H,11-12H2,1-6H3;7-10,13-14H,11-12H2,1-6H3;7-8,11-13H,9-10H2,1-6H3;7-9,12-13H,10-11H2,1-6H3. The van der Waals surface area contributed by atoms with Crippen molar-refractivity contribution in [2.24, 2.45) is 21.7 Å². The molecule has 0 N–H and O–H groups in total. The third-order valence-corrected chi connectivity index (χ3v) is 16.9. The van der Waals surface area contributed by atoms with Gasteiger partial charge in [0.25, 0.3) is 0 Å². The number of aromatic nitrogens is 7. The van der Waals surface area contributed by atoms with Crippen molar-refractivity contribution in [1.29, 1.82) is 0 Å². The molecule has 0 saturated carbocycles. The summed E-state index contributed by atoms with van der Waals surface area (Å²) in [7, 11) is 0. The maximum atomic E-state index is 6.35. The van der Waals surface area contributed by atoms with Gasteiger partial charge in [0.15, 0.2) is 0 Å². The highest BCUT2D eigenvalue weighted by atomic mass is 16.5. The van der Waals surface area contributed by atoms with Gasteiger partial charge in [-0.15, -0.1) is 5.10 Å². The summed E-state index contributed by atoms with van der Waals surface area (Å²) in [6, 6.07) is 21.5. The van der Waals surface area contributed by atoms with E-state index >= 15 is 0 Å². The van der Waals surface area contributed by atoms with Crippen LogP contribution < -0.4 is 18.9 Å². The molecule has 9 rings (SSSR count). The van der Waals surface area contributed by atoms with Crippen molar-refractivity contribution in [1.82, 2.24) is 54.7 Å². The Balaban J connectivity index is 0.000000180. The fraction of sp³-hybridized carbons (Fsp3) is 0.696. The van der Waals surface area contributed by atoms with E-state index in [1.807, 2.05) is 60.7 Å². The molecular formula is C69H111N11O4. The molecule has 4 aliphatic rings.